The maximum Gasteiger partial charge on any atom is 0.410 e. The Balaban J connectivity index is 1.24. The number of aromatic nitrogens is 1. The van der Waals surface area contributed by atoms with Gasteiger partial charge in [0.05, 0.1) is 11.9 Å². The van der Waals surface area contributed by atoms with Gasteiger partial charge >= 0.3 is 12.1 Å². The third-order valence-corrected chi connectivity index (χ3v) is 10.2. The van der Waals surface area contributed by atoms with Crippen molar-refractivity contribution in [3.8, 4) is 11.3 Å². The molecule has 14 heteroatoms. The lowest BCUT2D eigenvalue weighted by Crippen LogP contribution is -2.50. The van der Waals surface area contributed by atoms with E-state index in [1.54, 1.807) is 34.1 Å². The highest BCUT2D eigenvalue weighted by molar-refractivity contribution is 7.92. The molecule has 0 aliphatic carbocycles. The smallest absolute Gasteiger partial charge is 0.410 e. The summed E-state index contributed by atoms with van der Waals surface area (Å²) in [6, 6.07) is 26.8. The third kappa shape index (κ3) is 12.6. The minimum atomic E-state index is -3.40. The van der Waals surface area contributed by atoms with Crippen LogP contribution in [0.5, 0.6) is 0 Å². The van der Waals surface area contributed by atoms with Gasteiger partial charge < -0.3 is 19.9 Å². The Morgan fingerprint density at radius 1 is 0.963 bits per heavy atom. The number of likely N-dealkylation sites (tertiary alicyclic amines) is 1. The van der Waals surface area contributed by atoms with E-state index in [4.69, 9.17) is 4.74 Å². The second-order valence-corrected chi connectivity index (χ2v) is 17.1. The van der Waals surface area contributed by atoms with Crippen LogP contribution in [0.1, 0.15) is 69.9 Å². The highest BCUT2D eigenvalue weighted by Gasteiger charge is 2.28. The van der Waals surface area contributed by atoms with E-state index in [0.717, 1.165) is 35.8 Å². The van der Waals surface area contributed by atoms with Crippen molar-refractivity contribution in [2.24, 2.45) is 0 Å². The number of nitrogens with one attached hydrogen (secondary N) is 3. The second kappa shape index (κ2) is 18.4. The molecule has 3 N–H and O–H groups in total. The quantitative estimate of drug-likeness (QED) is 0.120. The molecule has 4 amide bonds. The van der Waals surface area contributed by atoms with E-state index in [-0.39, 0.29) is 36.4 Å². The van der Waals surface area contributed by atoms with Gasteiger partial charge in [0.15, 0.2) is 5.13 Å². The first-order valence-electron chi connectivity index (χ1n) is 18.2. The molecule has 1 atom stereocenters. The van der Waals surface area contributed by atoms with Gasteiger partial charge in [-0.2, -0.15) is 0 Å². The van der Waals surface area contributed by atoms with E-state index in [2.05, 4.69) is 44.6 Å². The molecular weight excluding hydrogens is 725 g/mol. The van der Waals surface area contributed by atoms with Crippen LogP contribution in [0.2, 0.25) is 0 Å². The average Bonchev–Trinajstić information content (AvgIpc) is 3.59. The number of hydrogen-bond donors (Lipinski definition) is 3. The van der Waals surface area contributed by atoms with Gasteiger partial charge in [0, 0.05) is 61.2 Å². The van der Waals surface area contributed by atoms with Crippen LogP contribution in [0.25, 0.3) is 11.3 Å². The lowest BCUT2D eigenvalue weighted by atomic mass is 9.88. The second-order valence-electron chi connectivity index (χ2n) is 14.5. The van der Waals surface area contributed by atoms with E-state index < -0.39 is 15.6 Å². The largest absolute Gasteiger partial charge is 0.444 e. The normalized spacial score (nSPS) is 14.7. The summed E-state index contributed by atoms with van der Waals surface area (Å²) < 4.78 is 31.2. The zero-order chi connectivity index (χ0) is 38.7. The van der Waals surface area contributed by atoms with Gasteiger partial charge in [-0.1, -0.05) is 72.8 Å². The lowest BCUT2D eigenvalue weighted by molar-refractivity contribution is -0.122. The van der Waals surface area contributed by atoms with Gasteiger partial charge in [0.2, 0.25) is 15.9 Å². The van der Waals surface area contributed by atoms with Gasteiger partial charge in [0.1, 0.15) is 5.60 Å². The number of rotatable bonds is 14. The van der Waals surface area contributed by atoms with Crippen LogP contribution < -0.4 is 15.4 Å². The summed E-state index contributed by atoms with van der Waals surface area (Å²) in [7, 11) is -3.40. The molecular formula is C40H50N6O6S2. The van der Waals surface area contributed by atoms with Crippen molar-refractivity contribution in [2.75, 3.05) is 42.5 Å². The minimum absolute atomic E-state index is 0.0526. The number of sulfonamides is 1. The number of carbonyl (C=O) groups is 3. The molecule has 0 radical (unpaired) electrons. The molecule has 0 unspecified atom stereocenters. The summed E-state index contributed by atoms with van der Waals surface area (Å²) in [4.78, 5) is 47.6. The summed E-state index contributed by atoms with van der Waals surface area (Å²) in [5.74, 6) is -0.0722. The summed E-state index contributed by atoms with van der Waals surface area (Å²) in [5.41, 5.74) is 3.57. The van der Waals surface area contributed by atoms with Gasteiger partial charge in [0.25, 0.3) is 0 Å². The minimum Gasteiger partial charge on any atom is -0.444 e. The number of hydrogen-bond acceptors (Lipinski definition) is 8. The number of ether oxygens (including phenoxy) is 1. The molecule has 1 aromatic heterocycles. The Bertz CT molecular complexity index is 1910. The van der Waals surface area contributed by atoms with Crippen LogP contribution in [0, 0.1) is 0 Å². The molecule has 12 nitrogen and oxygen atoms in total. The van der Waals surface area contributed by atoms with Crippen molar-refractivity contribution in [3.05, 3.63) is 101 Å². The van der Waals surface area contributed by atoms with Gasteiger partial charge in [-0.15, -0.1) is 11.3 Å². The number of piperidine rings is 1. The number of amides is 4. The number of urea groups is 1. The lowest BCUT2D eigenvalue weighted by Gasteiger charge is -2.34. The Kier molecular flexibility index (Phi) is 13.7. The van der Waals surface area contributed by atoms with Crippen LogP contribution in [0.15, 0.2) is 90.3 Å². The van der Waals surface area contributed by atoms with Crippen LogP contribution in [-0.4, -0.2) is 85.3 Å². The van der Waals surface area contributed by atoms with E-state index in [9.17, 15) is 22.8 Å². The zero-order valence-corrected chi connectivity index (χ0v) is 32.9. The van der Waals surface area contributed by atoms with Crippen LogP contribution in [0.4, 0.5) is 20.4 Å². The summed E-state index contributed by atoms with van der Waals surface area (Å²) >= 11 is 1.29. The summed E-state index contributed by atoms with van der Waals surface area (Å²) in [6.07, 6.45) is 3.59. The van der Waals surface area contributed by atoms with Crippen LogP contribution >= 0.6 is 11.3 Å². The van der Waals surface area contributed by atoms with Gasteiger partial charge in [-0.3, -0.25) is 14.8 Å². The van der Waals surface area contributed by atoms with E-state index in [1.165, 1.54) is 11.3 Å². The average molecular weight is 775 g/mol. The van der Waals surface area contributed by atoms with Crippen molar-refractivity contribution >= 4 is 50.2 Å². The maximum absolute atomic E-state index is 13.9. The van der Waals surface area contributed by atoms with E-state index >= 15 is 0 Å². The first-order chi connectivity index (χ1) is 25.7. The predicted molar refractivity (Wildman–Crippen MR) is 214 cm³/mol. The molecule has 1 fully saturated rings. The van der Waals surface area contributed by atoms with Crippen molar-refractivity contribution < 1.29 is 27.5 Å². The Morgan fingerprint density at radius 2 is 1.61 bits per heavy atom. The Labute approximate surface area is 322 Å². The van der Waals surface area contributed by atoms with E-state index in [1.807, 2.05) is 62.5 Å². The summed E-state index contributed by atoms with van der Waals surface area (Å²) in [5, 5.41) is 8.31. The predicted octanol–water partition coefficient (Wildman–Crippen LogP) is 7.53. The number of anilines is 2. The number of nitrogens with zero attached hydrogens (tertiary/aromatic N) is 3. The van der Waals surface area contributed by atoms with Crippen molar-refractivity contribution in [1.29, 1.82) is 0 Å². The van der Waals surface area contributed by atoms with E-state index in [0.29, 0.717) is 55.5 Å². The van der Waals surface area contributed by atoms with Crippen molar-refractivity contribution in [2.45, 2.75) is 70.4 Å². The Hall–Kier alpha value is -4.95. The monoisotopic (exact) mass is 774 g/mol. The molecule has 4 aromatic rings. The first-order valence-corrected chi connectivity index (χ1v) is 21.0. The fourth-order valence-electron chi connectivity index (χ4n) is 6.37. The SMILES string of the molecule is CC(C)(C)OC(=O)N1CCC[C@@H](NC(=O)CCCN(CCC(c2ccccc2)c2ccccc2)C(=O)Nc2nc(-c3ccc(NS(C)(=O)=O)cc3)cs2)C1. The highest BCUT2D eigenvalue weighted by atomic mass is 32.2. The van der Waals surface area contributed by atoms with Crippen LogP contribution in [0.3, 0.4) is 0 Å². The molecule has 1 saturated heterocycles. The molecule has 2 heterocycles. The Morgan fingerprint density at radius 3 is 2.22 bits per heavy atom. The zero-order valence-electron chi connectivity index (χ0n) is 31.3. The van der Waals surface area contributed by atoms with Crippen LogP contribution in [-0.2, 0) is 19.6 Å². The summed E-state index contributed by atoms with van der Waals surface area (Å²) in [6.45, 7) is 7.26. The molecule has 0 bridgehead atoms. The molecule has 1 aliphatic rings. The molecule has 54 heavy (non-hydrogen) atoms. The standard InChI is InChI=1S/C40H50N6O6S2/c1-40(2,3)52-39(49)46-25-11-17-33(27-46)41-36(47)18-12-24-45(26-23-34(29-13-7-5-8-14-29)30-15-9-6-10-16-30)38(48)43-37-42-35(28-53-37)31-19-21-32(22-20-31)44-54(4,50)51/h5-10,13-16,19-22,28,33-34,44H,11-12,17-18,23-27H2,1-4H3,(H,41,47)(H,42,43,48)/t33-/m1/s1. The van der Waals surface area contributed by atoms with Gasteiger partial charge in [-0.25, -0.2) is 23.0 Å². The highest BCUT2D eigenvalue weighted by Crippen LogP contribution is 2.29. The third-order valence-electron chi connectivity index (χ3n) is 8.85. The van der Waals surface area contributed by atoms with Crippen molar-refractivity contribution in [3.63, 3.8) is 0 Å². The molecule has 288 valence electrons. The molecule has 3 aromatic carbocycles. The van der Waals surface area contributed by atoms with Crippen molar-refractivity contribution in [1.82, 2.24) is 20.1 Å². The molecule has 1 aliphatic heterocycles. The topological polar surface area (TPSA) is 150 Å². The van der Waals surface area contributed by atoms with Gasteiger partial charge in [-0.05, 0) is 69.7 Å². The molecule has 5 rings (SSSR count). The fraction of sp³-hybridized carbons (Fsp3) is 0.400. The first kappa shape index (κ1) is 40.2. The number of carbonyl (C=O) groups excluding carboxylic acids is 3. The molecule has 0 spiro atoms. The number of thiazole rings is 1. The fourth-order valence-corrected chi connectivity index (χ4v) is 7.64. The molecule has 0 saturated carbocycles. The maximum atomic E-state index is 13.9. The number of benzene rings is 3.